The average molecular weight is 395 g/mol. The van der Waals surface area contributed by atoms with Crippen LogP contribution in [0.25, 0.3) is 0 Å². The maximum Gasteiger partial charge on any atom is 0.0870 e. The molecule has 2 N–H and O–H groups in total. The van der Waals surface area contributed by atoms with E-state index in [1.54, 1.807) is 0 Å². The van der Waals surface area contributed by atoms with E-state index in [1.165, 1.54) is 27.8 Å². The van der Waals surface area contributed by atoms with Gasteiger partial charge in [0.25, 0.3) is 0 Å². The van der Waals surface area contributed by atoms with Gasteiger partial charge in [0.1, 0.15) is 0 Å². The lowest BCUT2D eigenvalue weighted by molar-refractivity contribution is 0.354. The second-order valence-electron chi connectivity index (χ2n) is 7.82. The standard InChI is InChI=1S/C23H31N3.C2H7N/c1-4-20-5-7-21(8-6-20)17-26-14-9-19(2)15-23(16-24-18-26)22-10-12-25(3)13-11-22;1-3-2/h5-10,14-16,24H,4,11-13,17-18H2,1-3H3;3H,1-2H3/b14-9-,19-15+,23-16+;. The highest BCUT2D eigenvalue weighted by Gasteiger charge is 2.11. The molecule has 1 aromatic carbocycles. The molecule has 0 fully saturated rings. The van der Waals surface area contributed by atoms with Gasteiger partial charge in [-0.3, -0.25) is 0 Å². The third kappa shape index (κ3) is 7.92. The monoisotopic (exact) mass is 394 g/mol. The zero-order chi connectivity index (χ0) is 21.1. The molecule has 3 rings (SSSR count). The Balaban J connectivity index is 0.000000941. The molecule has 0 bridgehead atoms. The molecule has 4 nitrogen and oxygen atoms in total. The van der Waals surface area contributed by atoms with Crippen LogP contribution in [0.1, 0.15) is 31.4 Å². The lowest BCUT2D eigenvalue weighted by Gasteiger charge is -2.23. The van der Waals surface area contributed by atoms with Gasteiger partial charge in [-0.25, -0.2) is 0 Å². The first kappa shape index (κ1) is 23.0. The van der Waals surface area contributed by atoms with Crippen LogP contribution in [-0.2, 0) is 13.0 Å². The number of benzene rings is 1. The van der Waals surface area contributed by atoms with Gasteiger partial charge in [0.15, 0.2) is 0 Å². The van der Waals surface area contributed by atoms with Crippen molar-refractivity contribution in [2.24, 2.45) is 0 Å². The molecule has 0 radical (unpaired) electrons. The van der Waals surface area contributed by atoms with Crippen LogP contribution < -0.4 is 10.6 Å². The van der Waals surface area contributed by atoms with Gasteiger partial charge in [0, 0.05) is 32.0 Å². The first-order valence-electron chi connectivity index (χ1n) is 10.6. The van der Waals surface area contributed by atoms with Gasteiger partial charge >= 0.3 is 0 Å². The summed E-state index contributed by atoms with van der Waals surface area (Å²) in [6.07, 6.45) is 13.5. The predicted molar refractivity (Wildman–Crippen MR) is 126 cm³/mol. The van der Waals surface area contributed by atoms with Crippen molar-refractivity contribution in [1.29, 1.82) is 0 Å². The largest absolute Gasteiger partial charge is 0.373 e. The number of hydrogen-bond acceptors (Lipinski definition) is 4. The summed E-state index contributed by atoms with van der Waals surface area (Å²) in [5, 5.41) is 6.26. The number of aryl methyl sites for hydroxylation is 1. The lowest BCUT2D eigenvalue weighted by Crippen LogP contribution is -2.27. The molecule has 0 amide bonds. The number of rotatable bonds is 4. The average Bonchev–Trinajstić information content (AvgIpc) is 2.81. The van der Waals surface area contributed by atoms with Crippen molar-refractivity contribution in [3.63, 3.8) is 0 Å². The molecular weight excluding hydrogens is 356 g/mol. The summed E-state index contributed by atoms with van der Waals surface area (Å²) in [7, 11) is 5.93. The van der Waals surface area contributed by atoms with E-state index in [4.69, 9.17) is 0 Å². The maximum absolute atomic E-state index is 3.51. The minimum atomic E-state index is 0.809. The Labute approximate surface area is 177 Å². The Hall–Kier alpha value is -2.30. The van der Waals surface area contributed by atoms with Crippen molar-refractivity contribution in [3.8, 4) is 0 Å². The van der Waals surface area contributed by atoms with Gasteiger partial charge in [0.2, 0.25) is 0 Å². The van der Waals surface area contributed by atoms with Gasteiger partial charge in [-0.2, -0.15) is 0 Å². The van der Waals surface area contributed by atoms with Crippen LogP contribution >= 0.6 is 0 Å². The molecule has 29 heavy (non-hydrogen) atoms. The molecule has 0 unspecified atom stereocenters. The van der Waals surface area contributed by atoms with Crippen molar-refractivity contribution in [2.45, 2.75) is 33.2 Å². The van der Waals surface area contributed by atoms with Gasteiger partial charge in [-0.1, -0.05) is 43.3 Å². The predicted octanol–water partition coefficient (Wildman–Crippen LogP) is 4.05. The highest BCUT2D eigenvalue weighted by atomic mass is 15.2. The number of likely N-dealkylation sites (N-methyl/N-ethyl adjacent to an activating group) is 1. The van der Waals surface area contributed by atoms with E-state index in [-0.39, 0.29) is 0 Å². The van der Waals surface area contributed by atoms with Crippen LogP contribution in [0, 0.1) is 0 Å². The fourth-order valence-corrected chi connectivity index (χ4v) is 3.33. The fraction of sp³-hybridized carbons (Fsp3) is 0.440. The zero-order valence-electron chi connectivity index (χ0n) is 18.8. The minimum absolute atomic E-state index is 0.809. The maximum atomic E-state index is 3.51. The van der Waals surface area contributed by atoms with Crippen LogP contribution in [0.5, 0.6) is 0 Å². The van der Waals surface area contributed by atoms with Crippen LogP contribution in [0.4, 0.5) is 0 Å². The van der Waals surface area contributed by atoms with E-state index in [0.717, 1.165) is 39.1 Å². The van der Waals surface area contributed by atoms with E-state index in [2.05, 4.69) is 96.2 Å². The molecule has 4 heteroatoms. The van der Waals surface area contributed by atoms with E-state index in [1.807, 2.05) is 14.1 Å². The van der Waals surface area contributed by atoms with Crippen molar-refractivity contribution in [1.82, 2.24) is 20.4 Å². The highest BCUT2D eigenvalue weighted by Crippen LogP contribution is 2.21. The van der Waals surface area contributed by atoms with Crippen molar-refractivity contribution in [3.05, 3.63) is 82.7 Å². The SMILES string of the molecule is CCc1ccc(CN2\C=C/C(C)=C/C(C3=CCN(C)CC3)=C\NC2)cc1.CNC. The summed E-state index contributed by atoms with van der Waals surface area (Å²) in [6, 6.07) is 8.95. The molecule has 0 saturated heterocycles. The second-order valence-corrected chi connectivity index (χ2v) is 7.82. The molecule has 0 aromatic heterocycles. The number of nitrogens with one attached hydrogen (secondary N) is 2. The molecule has 158 valence electrons. The van der Waals surface area contributed by atoms with Crippen molar-refractivity contribution in [2.75, 3.05) is 40.9 Å². The van der Waals surface area contributed by atoms with Crippen LogP contribution in [0.2, 0.25) is 0 Å². The Morgan fingerprint density at radius 1 is 1.10 bits per heavy atom. The third-order valence-corrected chi connectivity index (χ3v) is 5.08. The minimum Gasteiger partial charge on any atom is -0.373 e. The van der Waals surface area contributed by atoms with Crippen LogP contribution in [-0.4, -0.2) is 50.7 Å². The molecule has 2 aliphatic rings. The van der Waals surface area contributed by atoms with E-state index >= 15 is 0 Å². The summed E-state index contributed by atoms with van der Waals surface area (Å²) < 4.78 is 0. The van der Waals surface area contributed by atoms with E-state index in [0.29, 0.717) is 0 Å². The van der Waals surface area contributed by atoms with Gasteiger partial charge in [-0.15, -0.1) is 0 Å². The molecule has 2 heterocycles. The Bertz CT molecular complexity index is 741. The topological polar surface area (TPSA) is 30.5 Å². The van der Waals surface area contributed by atoms with Gasteiger partial charge in [-0.05, 0) is 74.8 Å². The zero-order valence-corrected chi connectivity index (χ0v) is 18.8. The number of nitrogens with zero attached hydrogens (tertiary/aromatic N) is 2. The first-order chi connectivity index (χ1) is 14.0. The number of hydrogen-bond donors (Lipinski definition) is 2. The quantitative estimate of drug-likeness (QED) is 0.806. The molecule has 1 aromatic rings. The van der Waals surface area contributed by atoms with Crippen LogP contribution in [0.3, 0.4) is 0 Å². The lowest BCUT2D eigenvalue weighted by atomic mass is 9.98. The molecule has 0 saturated carbocycles. The summed E-state index contributed by atoms with van der Waals surface area (Å²) in [6.45, 7) is 8.27. The Morgan fingerprint density at radius 3 is 2.41 bits per heavy atom. The fourth-order valence-electron chi connectivity index (χ4n) is 3.33. The van der Waals surface area contributed by atoms with E-state index < -0.39 is 0 Å². The molecule has 0 aliphatic carbocycles. The first-order valence-corrected chi connectivity index (χ1v) is 10.6. The summed E-state index contributed by atoms with van der Waals surface area (Å²) >= 11 is 0. The summed E-state index contributed by atoms with van der Waals surface area (Å²) in [5.41, 5.74) is 6.79. The van der Waals surface area contributed by atoms with Gasteiger partial charge in [0.05, 0.1) is 6.67 Å². The summed E-state index contributed by atoms with van der Waals surface area (Å²) in [4.78, 5) is 4.68. The van der Waals surface area contributed by atoms with E-state index in [9.17, 15) is 0 Å². The molecule has 0 spiro atoms. The molecule has 2 aliphatic heterocycles. The second kappa shape index (κ2) is 12.3. The number of allylic oxidation sites excluding steroid dienone is 4. The smallest absolute Gasteiger partial charge is 0.0870 e. The Kier molecular flexibility index (Phi) is 9.75. The highest BCUT2D eigenvalue weighted by molar-refractivity contribution is 5.44. The summed E-state index contributed by atoms with van der Waals surface area (Å²) in [5.74, 6) is 0. The van der Waals surface area contributed by atoms with Crippen molar-refractivity contribution < 1.29 is 0 Å². The molecule has 0 atom stereocenters. The Morgan fingerprint density at radius 2 is 1.79 bits per heavy atom. The normalized spacial score (nSPS) is 22.2. The van der Waals surface area contributed by atoms with Crippen molar-refractivity contribution >= 4 is 0 Å². The molecular formula is C25H38N4. The van der Waals surface area contributed by atoms with Gasteiger partial charge < -0.3 is 20.4 Å². The third-order valence-electron chi connectivity index (χ3n) is 5.08. The van der Waals surface area contributed by atoms with Crippen LogP contribution in [0.15, 0.2) is 71.6 Å².